The first-order valence-electron chi connectivity index (χ1n) is 5.63. The predicted octanol–water partition coefficient (Wildman–Crippen LogP) is 0.993. The highest BCUT2D eigenvalue weighted by Crippen LogP contribution is 2.25. The number of thiophene rings is 1. The molecule has 98 valence electrons. The summed E-state index contributed by atoms with van der Waals surface area (Å²) in [6.07, 6.45) is 0.401. The van der Waals surface area contributed by atoms with Gasteiger partial charge in [-0.25, -0.2) is 4.79 Å². The maximum atomic E-state index is 11.9. The lowest BCUT2D eigenvalue weighted by molar-refractivity contribution is -0.172. The first-order chi connectivity index (χ1) is 8.48. The van der Waals surface area contributed by atoms with E-state index in [1.807, 2.05) is 23.8 Å². The molecule has 1 fully saturated rings. The van der Waals surface area contributed by atoms with Crippen LogP contribution in [-0.4, -0.2) is 47.2 Å². The molecular formula is C12H15NO4S. The summed E-state index contributed by atoms with van der Waals surface area (Å²) in [6, 6.07) is 1.93. The summed E-state index contributed by atoms with van der Waals surface area (Å²) in [7, 11) is 0. The van der Waals surface area contributed by atoms with Crippen LogP contribution in [-0.2, 0) is 20.7 Å². The zero-order chi connectivity index (χ0) is 13.2. The quantitative estimate of drug-likeness (QED) is 0.865. The first-order valence-corrected chi connectivity index (χ1v) is 6.57. The lowest BCUT2D eigenvalue weighted by atomic mass is 9.95. The van der Waals surface area contributed by atoms with Gasteiger partial charge in [-0.05, 0) is 29.3 Å². The second-order valence-corrected chi connectivity index (χ2v) is 5.47. The average molecular weight is 269 g/mol. The molecule has 1 N–H and O–H groups in total. The van der Waals surface area contributed by atoms with Crippen molar-refractivity contribution in [3.8, 4) is 0 Å². The fourth-order valence-electron chi connectivity index (χ4n) is 1.94. The van der Waals surface area contributed by atoms with Crippen LogP contribution < -0.4 is 0 Å². The number of likely N-dealkylation sites (tertiary alicyclic amines) is 1. The second kappa shape index (κ2) is 5.07. The van der Waals surface area contributed by atoms with Crippen molar-refractivity contribution in [2.45, 2.75) is 18.9 Å². The van der Waals surface area contributed by atoms with Gasteiger partial charge in [0, 0.05) is 0 Å². The highest BCUT2D eigenvalue weighted by molar-refractivity contribution is 7.07. The Morgan fingerprint density at radius 3 is 2.83 bits per heavy atom. The van der Waals surface area contributed by atoms with Crippen molar-refractivity contribution in [3.05, 3.63) is 22.4 Å². The molecule has 0 spiro atoms. The van der Waals surface area contributed by atoms with E-state index in [2.05, 4.69) is 0 Å². The number of carboxylic acid groups (broad SMARTS) is 1. The van der Waals surface area contributed by atoms with Gasteiger partial charge in [-0.1, -0.05) is 0 Å². The topological polar surface area (TPSA) is 66.8 Å². The highest BCUT2D eigenvalue weighted by atomic mass is 32.1. The Morgan fingerprint density at radius 1 is 1.56 bits per heavy atom. The molecule has 1 amide bonds. The molecule has 0 atom stereocenters. The van der Waals surface area contributed by atoms with E-state index >= 15 is 0 Å². The van der Waals surface area contributed by atoms with E-state index in [1.54, 1.807) is 16.2 Å². The number of ether oxygens (including phenoxy) is 1. The zero-order valence-electron chi connectivity index (χ0n) is 10.1. The minimum atomic E-state index is -0.987. The molecule has 0 aliphatic carbocycles. The Kier molecular flexibility index (Phi) is 3.68. The van der Waals surface area contributed by atoms with Crippen molar-refractivity contribution in [1.29, 1.82) is 0 Å². The first kappa shape index (κ1) is 13.0. The fourth-order valence-corrected chi connectivity index (χ4v) is 2.61. The zero-order valence-corrected chi connectivity index (χ0v) is 10.9. The summed E-state index contributed by atoms with van der Waals surface area (Å²) < 4.78 is 5.25. The fraction of sp³-hybridized carbons (Fsp3) is 0.500. The number of carbonyl (C=O) groups is 2. The van der Waals surface area contributed by atoms with Crippen LogP contribution in [0.25, 0.3) is 0 Å². The number of nitrogens with zero attached hydrogens (tertiary/aromatic N) is 1. The van der Waals surface area contributed by atoms with Crippen LogP contribution in [0, 0.1) is 0 Å². The van der Waals surface area contributed by atoms with E-state index < -0.39 is 11.6 Å². The molecule has 1 aromatic heterocycles. The SMILES string of the molecule is CC1(OCC(=O)O)CN(C(=O)Cc2ccsc2)C1. The van der Waals surface area contributed by atoms with E-state index in [4.69, 9.17) is 9.84 Å². The molecule has 1 aliphatic heterocycles. The lowest BCUT2D eigenvalue weighted by Gasteiger charge is -2.47. The predicted molar refractivity (Wildman–Crippen MR) is 66.6 cm³/mol. The summed E-state index contributed by atoms with van der Waals surface area (Å²) in [5.74, 6) is -0.927. The van der Waals surface area contributed by atoms with E-state index in [0.717, 1.165) is 5.56 Å². The Morgan fingerprint density at radius 2 is 2.28 bits per heavy atom. The number of amides is 1. The maximum absolute atomic E-state index is 11.9. The van der Waals surface area contributed by atoms with Crippen LogP contribution in [0.5, 0.6) is 0 Å². The van der Waals surface area contributed by atoms with Gasteiger partial charge < -0.3 is 14.7 Å². The van der Waals surface area contributed by atoms with Gasteiger partial charge in [0.2, 0.25) is 5.91 Å². The molecule has 1 aromatic rings. The molecule has 0 bridgehead atoms. The molecule has 6 heteroatoms. The van der Waals surface area contributed by atoms with Gasteiger partial charge in [0.05, 0.1) is 19.5 Å². The molecule has 0 aromatic carbocycles. The summed E-state index contributed by atoms with van der Waals surface area (Å²) in [5, 5.41) is 12.4. The molecule has 1 saturated heterocycles. The minimum absolute atomic E-state index is 0.0600. The third-order valence-corrected chi connectivity index (χ3v) is 3.61. The summed E-state index contributed by atoms with van der Waals surface area (Å²) in [6.45, 7) is 2.43. The Labute approximate surface area is 109 Å². The van der Waals surface area contributed by atoms with Gasteiger partial charge >= 0.3 is 5.97 Å². The highest BCUT2D eigenvalue weighted by Gasteiger charge is 2.42. The van der Waals surface area contributed by atoms with Crippen molar-refractivity contribution in [2.75, 3.05) is 19.7 Å². The van der Waals surface area contributed by atoms with Crippen molar-refractivity contribution in [1.82, 2.24) is 4.90 Å². The van der Waals surface area contributed by atoms with Crippen LogP contribution in [0.3, 0.4) is 0 Å². The molecule has 1 aliphatic rings. The molecule has 2 rings (SSSR count). The van der Waals surface area contributed by atoms with Crippen LogP contribution >= 0.6 is 11.3 Å². The molecule has 2 heterocycles. The molecular weight excluding hydrogens is 254 g/mol. The molecule has 0 unspecified atom stereocenters. The standard InChI is InChI=1S/C12H15NO4S/c1-12(17-5-11(15)16)7-13(8-12)10(14)4-9-2-3-18-6-9/h2-3,6H,4-5,7-8H2,1H3,(H,15,16). The second-order valence-electron chi connectivity index (χ2n) is 4.69. The number of aliphatic carboxylic acids is 1. The van der Waals surface area contributed by atoms with Crippen molar-refractivity contribution in [2.24, 2.45) is 0 Å². The maximum Gasteiger partial charge on any atom is 0.329 e. The third kappa shape index (κ3) is 3.08. The molecule has 5 nitrogen and oxygen atoms in total. The van der Waals surface area contributed by atoms with E-state index in [1.165, 1.54) is 0 Å². The number of carbonyl (C=O) groups excluding carboxylic acids is 1. The Balaban J connectivity index is 1.77. The Hall–Kier alpha value is -1.40. The van der Waals surface area contributed by atoms with Gasteiger partial charge in [0.1, 0.15) is 12.2 Å². The summed E-state index contributed by atoms with van der Waals surface area (Å²) in [5.41, 5.74) is 0.507. The summed E-state index contributed by atoms with van der Waals surface area (Å²) >= 11 is 1.57. The van der Waals surface area contributed by atoms with Crippen LogP contribution in [0.4, 0.5) is 0 Å². The summed E-state index contributed by atoms with van der Waals surface area (Å²) in [4.78, 5) is 24.0. The van der Waals surface area contributed by atoms with Crippen LogP contribution in [0.2, 0.25) is 0 Å². The van der Waals surface area contributed by atoms with Crippen molar-refractivity contribution < 1.29 is 19.4 Å². The number of carboxylic acids is 1. The van der Waals surface area contributed by atoms with E-state index in [0.29, 0.717) is 19.5 Å². The largest absolute Gasteiger partial charge is 0.480 e. The number of hydrogen-bond donors (Lipinski definition) is 1. The van der Waals surface area contributed by atoms with Gasteiger partial charge in [0.15, 0.2) is 0 Å². The van der Waals surface area contributed by atoms with Crippen LogP contribution in [0.1, 0.15) is 12.5 Å². The normalized spacial score (nSPS) is 17.3. The minimum Gasteiger partial charge on any atom is -0.480 e. The molecule has 18 heavy (non-hydrogen) atoms. The average Bonchev–Trinajstić information content (AvgIpc) is 2.75. The van der Waals surface area contributed by atoms with E-state index in [-0.39, 0.29) is 12.5 Å². The van der Waals surface area contributed by atoms with E-state index in [9.17, 15) is 9.59 Å². The number of rotatable bonds is 5. The molecule has 0 saturated carbocycles. The van der Waals surface area contributed by atoms with Crippen molar-refractivity contribution >= 4 is 23.2 Å². The van der Waals surface area contributed by atoms with Gasteiger partial charge in [-0.15, -0.1) is 0 Å². The monoisotopic (exact) mass is 269 g/mol. The third-order valence-electron chi connectivity index (χ3n) is 2.88. The lowest BCUT2D eigenvalue weighted by Crippen LogP contribution is -2.63. The van der Waals surface area contributed by atoms with Crippen molar-refractivity contribution in [3.63, 3.8) is 0 Å². The van der Waals surface area contributed by atoms with Crippen LogP contribution in [0.15, 0.2) is 16.8 Å². The van der Waals surface area contributed by atoms with Gasteiger partial charge in [-0.2, -0.15) is 11.3 Å². The smallest absolute Gasteiger partial charge is 0.329 e. The Bertz CT molecular complexity index is 437. The van der Waals surface area contributed by atoms with Gasteiger partial charge in [0.25, 0.3) is 0 Å². The van der Waals surface area contributed by atoms with Gasteiger partial charge in [-0.3, -0.25) is 4.79 Å². The molecule has 0 radical (unpaired) electrons. The number of hydrogen-bond acceptors (Lipinski definition) is 4.